The zero-order valence-electron chi connectivity index (χ0n) is 5.66. The van der Waals surface area contributed by atoms with Crippen LogP contribution < -0.4 is 5.11 Å². The molecule has 10 heavy (non-hydrogen) atoms. The Morgan fingerprint density at radius 1 is 1.60 bits per heavy atom. The molecule has 0 saturated carbocycles. The van der Waals surface area contributed by atoms with Crippen LogP contribution in [-0.4, -0.2) is 17.0 Å². The first-order chi connectivity index (χ1) is 4.54. The predicted octanol–water partition coefficient (Wildman–Crippen LogP) is -0.763. The summed E-state index contributed by atoms with van der Waals surface area (Å²) in [6, 6.07) is 0. The highest BCUT2D eigenvalue weighted by Gasteiger charge is 2.04. The van der Waals surface area contributed by atoms with Crippen molar-refractivity contribution in [2.24, 2.45) is 5.92 Å². The van der Waals surface area contributed by atoms with Crippen LogP contribution in [0, 0.1) is 5.92 Å². The van der Waals surface area contributed by atoms with Crippen molar-refractivity contribution in [2.75, 3.05) is 0 Å². The number of rotatable bonds is 4. The summed E-state index contributed by atoms with van der Waals surface area (Å²) in [4.78, 5) is 19.9. The van der Waals surface area contributed by atoms with Crippen molar-refractivity contribution in [1.82, 2.24) is 0 Å². The molecule has 0 rings (SSSR count). The van der Waals surface area contributed by atoms with Crippen LogP contribution in [0.1, 0.15) is 19.8 Å². The van der Waals surface area contributed by atoms with Crippen molar-refractivity contribution in [2.45, 2.75) is 19.8 Å². The van der Waals surface area contributed by atoms with Gasteiger partial charge in [0.1, 0.15) is 0 Å². The van der Waals surface area contributed by atoms with E-state index in [0.29, 0.717) is 0 Å². The highest BCUT2D eigenvalue weighted by Crippen LogP contribution is 2.02. The highest BCUT2D eigenvalue weighted by molar-refractivity contribution is 5.70. The molecular weight excluding hydrogens is 136 g/mol. The lowest BCUT2D eigenvalue weighted by molar-refractivity contribution is -0.311. The van der Waals surface area contributed by atoms with Gasteiger partial charge in [0.05, 0.1) is 0 Å². The Kier molecular flexibility index (Phi) is 3.46. The first-order valence-electron chi connectivity index (χ1n) is 2.96. The Balaban J connectivity index is 3.49. The topological polar surface area (TPSA) is 77.4 Å². The Labute approximate surface area is 58.5 Å². The average Bonchev–Trinajstić information content (AvgIpc) is 1.82. The molecule has 0 fully saturated rings. The highest BCUT2D eigenvalue weighted by atomic mass is 16.4. The molecule has 0 saturated heterocycles. The number of carbonyl (C=O) groups excluding carboxylic acids is 1. The summed E-state index contributed by atoms with van der Waals surface area (Å²) in [6.07, 6.45) is 0.0206. The normalized spacial score (nSPS) is 12.5. The molecule has 0 aromatic rings. The third kappa shape index (κ3) is 3.88. The first kappa shape index (κ1) is 8.94. The molecule has 0 bridgehead atoms. The van der Waals surface area contributed by atoms with E-state index in [2.05, 4.69) is 0 Å². The molecule has 0 spiro atoms. The molecule has 1 unspecified atom stereocenters. The van der Waals surface area contributed by atoms with Gasteiger partial charge < -0.3 is 15.0 Å². The molecular formula is C6H9O4-. The van der Waals surface area contributed by atoms with Crippen LogP contribution in [0.2, 0.25) is 0 Å². The fourth-order valence-corrected chi connectivity index (χ4v) is 0.458. The van der Waals surface area contributed by atoms with Gasteiger partial charge >= 0.3 is 5.97 Å². The molecule has 0 aliphatic carbocycles. The van der Waals surface area contributed by atoms with E-state index < -0.39 is 17.9 Å². The molecule has 1 atom stereocenters. The maximum atomic E-state index is 10.0. The first-order valence-corrected chi connectivity index (χ1v) is 2.96. The number of hydrogen-bond donors (Lipinski definition) is 1. The van der Waals surface area contributed by atoms with Gasteiger partial charge in [0.15, 0.2) is 0 Å². The Bertz CT molecular complexity index is 141. The molecule has 4 heteroatoms. The van der Waals surface area contributed by atoms with Gasteiger partial charge in [-0.15, -0.1) is 0 Å². The second-order valence-corrected chi connectivity index (χ2v) is 2.15. The minimum absolute atomic E-state index is 0.116. The Morgan fingerprint density at radius 3 is 2.40 bits per heavy atom. The molecule has 0 aromatic heterocycles. The maximum absolute atomic E-state index is 10.0. The van der Waals surface area contributed by atoms with Crippen molar-refractivity contribution in [1.29, 1.82) is 0 Å². The fourth-order valence-electron chi connectivity index (χ4n) is 0.458. The minimum Gasteiger partial charge on any atom is -0.550 e. The van der Waals surface area contributed by atoms with Crippen LogP contribution in [0.5, 0.6) is 0 Å². The number of carboxylic acids is 2. The van der Waals surface area contributed by atoms with Crippen LogP contribution in [0.25, 0.3) is 0 Å². The van der Waals surface area contributed by atoms with Gasteiger partial charge in [-0.3, -0.25) is 4.79 Å². The second kappa shape index (κ2) is 3.87. The van der Waals surface area contributed by atoms with Crippen molar-refractivity contribution >= 4 is 11.9 Å². The van der Waals surface area contributed by atoms with Gasteiger partial charge in [-0.2, -0.15) is 0 Å². The van der Waals surface area contributed by atoms with Crippen molar-refractivity contribution in [3.8, 4) is 0 Å². The smallest absolute Gasteiger partial charge is 0.303 e. The minimum atomic E-state index is -1.19. The maximum Gasteiger partial charge on any atom is 0.303 e. The summed E-state index contributed by atoms with van der Waals surface area (Å²) in [6.45, 7) is 1.43. The lowest BCUT2D eigenvalue weighted by atomic mass is 10.1. The monoisotopic (exact) mass is 145 g/mol. The molecule has 4 nitrogen and oxygen atoms in total. The van der Waals surface area contributed by atoms with Gasteiger partial charge in [-0.05, 0) is 12.3 Å². The largest absolute Gasteiger partial charge is 0.550 e. The lowest BCUT2D eigenvalue weighted by Gasteiger charge is -2.09. The number of hydrogen-bond acceptors (Lipinski definition) is 3. The van der Waals surface area contributed by atoms with E-state index in [1.165, 1.54) is 6.92 Å². The SMILES string of the molecule is CC(CCC(=O)O)C(=O)[O-]. The van der Waals surface area contributed by atoms with Gasteiger partial charge in [0, 0.05) is 12.4 Å². The molecule has 0 radical (unpaired) electrons. The van der Waals surface area contributed by atoms with E-state index in [0.717, 1.165) is 0 Å². The number of carbonyl (C=O) groups is 2. The second-order valence-electron chi connectivity index (χ2n) is 2.15. The van der Waals surface area contributed by atoms with E-state index >= 15 is 0 Å². The molecule has 1 N–H and O–H groups in total. The number of aliphatic carboxylic acids is 2. The molecule has 0 amide bonds. The Hall–Kier alpha value is -1.06. The van der Waals surface area contributed by atoms with Gasteiger partial charge in [-0.1, -0.05) is 6.92 Å². The summed E-state index contributed by atoms with van der Waals surface area (Å²) < 4.78 is 0. The van der Waals surface area contributed by atoms with E-state index in [4.69, 9.17) is 5.11 Å². The summed E-state index contributed by atoms with van der Waals surface area (Å²) in [5.74, 6) is -2.84. The zero-order chi connectivity index (χ0) is 8.15. The number of carboxylic acid groups (broad SMARTS) is 2. The van der Waals surface area contributed by atoms with Crippen LogP contribution >= 0.6 is 0 Å². The third-order valence-electron chi connectivity index (χ3n) is 1.19. The summed E-state index contributed by atoms with van der Waals surface area (Å²) in [7, 11) is 0. The van der Waals surface area contributed by atoms with Crippen LogP contribution in [0.4, 0.5) is 0 Å². The van der Waals surface area contributed by atoms with Crippen molar-refractivity contribution < 1.29 is 19.8 Å². The van der Waals surface area contributed by atoms with Crippen LogP contribution in [0.15, 0.2) is 0 Å². The van der Waals surface area contributed by atoms with Crippen LogP contribution in [-0.2, 0) is 9.59 Å². The van der Waals surface area contributed by atoms with Crippen molar-refractivity contribution in [3.63, 3.8) is 0 Å². The van der Waals surface area contributed by atoms with Gasteiger partial charge in [-0.25, -0.2) is 0 Å². The fraction of sp³-hybridized carbons (Fsp3) is 0.667. The summed E-state index contributed by atoms with van der Waals surface area (Å²) in [5.41, 5.74) is 0. The summed E-state index contributed by atoms with van der Waals surface area (Å²) >= 11 is 0. The van der Waals surface area contributed by atoms with Crippen molar-refractivity contribution in [3.05, 3.63) is 0 Å². The Morgan fingerprint density at radius 2 is 2.10 bits per heavy atom. The summed E-state index contributed by atoms with van der Waals surface area (Å²) in [5, 5.41) is 18.1. The van der Waals surface area contributed by atoms with Gasteiger partial charge in [0.2, 0.25) is 0 Å². The lowest BCUT2D eigenvalue weighted by Crippen LogP contribution is -2.29. The van der Waals surface area contributed by atoms with E-state index in [1.807, 2.05) is 0 Å². The molecule has 0 heterocycles. The van der Waals surface area contributed by atoms with Gasteiger partial charge in [0.25, 0.3) is 0 Å². The van der Waals surface area contributed by atoms with E-state index in [9.17, 15) is 14.7 Å². The molecule has 0 aromatic carbocycles. The van der Waals surface area contributed by atoms with E-state index in [1.54, 1.807) is 0 Å². The van der Waals surface area contributed by atoms with E-state index in [-0.39, 0.29) is 12.8 Å². The quantitative estimate of drug-likeness (QED) is 0.563. The zero-order valence-corrected chi connectivity index (χ0v) is 5.66. The standard InChI is InChI=1S/C6H10O4/c1-4(6(9)10)2-3-5(7)8/h4H,2-3H2,1H3,(H,7,8)(H,9,10)/p-1. The van der Waals surface area contributed by atoms with Crippen LogP contribution in [0.3, 0.4) is 0 Å². The average molecular weight is 145 g/mol. The molecule has 58 valence electrons. The third-order valence-corrected chi connectivity index (χ3v) is 1.19. The molecule has 0 aliphatic rings. The molecule has 0 aliphatic heterocycles. The predicted molar refractivity (Wildman–Crippen MR) is 31.0 cm³/mol.